The van der Waals surface area contributed by atoms with E-state index in [-0.39, 0.29) is 0 Å². The lowest BCUT2D eigenvalue weighted by atomic mass is 10.2. The maximum absolute atomic E-state index is 5.45. The van der Waals surface area contributed by atoms with Crippen LogP contribution >= 0.6 is 11.8 Å². The molecule has 0 heterocycles. The normalized spacial score (nSPS) is 10.2. The van der Waals surface area contributed by atoms with Gasteiger partial charge in [0.1, 0.15) is 5.75 Å². The summed E-state index contributed by atoms with van der Waals surface area (Å²) in [6.07, 6.45) is 3.34. The van der Waals surface area contributed by atoms with Crippen LogP contribution in [0.1, 0.15) is 18.9 Å². The van der Waals surface area contributed by atoms with Gasteiger partial charge in [0.05, 0.1) is 6.61 Å². The van der Waals surface area contributed by atoms with E-state index in [1.54, 1.807) is 0 Å². The van der Waals surface area contributed by atoms with Crippen molar-refractivity contribution in [3.8, 4) is 5.75 Å². The second kappa shape index (κ2) is 7.44. The zero-order chi connectivity index (χ0) is 11.8. The fourth-order valence-corrected chi connectivity index (χ4v) is 1.96. The summed E-state index contributed by atoms with van der Waals surface area (Å²) >= 11 is 1.89. The molecule has 0 amide bonds. The van der Waals surface area contributed by atoms with Gasteiger partial charge >= 0.3 is 0 Å². The van der Waals surface area contributed by atoms with Crippen molar-refractivity contribution in [3.05, 3.63) is 23.8 Å². The molecule has 0 saturated carbocycles. The molecule has 0 unspecified atom stereocenters. The molecule has 3 heteroatoms. The van der Waals surface area contributed by atoms with Crippen LogP contribution in [0.2, 0.25) is 0 Å². The number of thioether (sulfide) groups is 1. The first-order valence-corrected chi connectivity index (χ1v) is 7.13. The second-order valence-corrected chi connectivity index (χ2v) is 4.67. The number of hydrogen-bond donors (Lipinski definition) is 1. The third-order valence-electron chi connectivity index (χ3n) is 2.35. The van der Waals surface area contributed by atoms with Gasteiger partial charge < -0.3 is 10.1 Å². The molecule has 1 N–H and O–H groups in total. The molecule has 0 saturated heterocycles. The lowest BCUT2D eigenvalue weighted by Crippen LogP contribution is -2.04. The number of nitrogens with one attached hydrogen (secondary N) is 1. The Morgan fingerprint density at radius 1 is 1.38 bits per heavy atom. The fourth-order valence-electron chi connectivity index (χ4n) is 1.53. The van der Waals surface area contributed by atoms with Crippen LogP contribution in [0.5, 0.6) is 5.75 Å². The van der Waals surface area contributed by atoms with Crippen LogP contribution in [-0.4, -0.2) is 25.2 Å². The van der Waals surface area contributed by atoms with Crippen LogP contribution in [0.3, 0.4) is 0 Å². The minimum atomic E-state index is 0.722. The Kier molecular flexibility index (Phi) is 6.16. The number of hydrogen-bond acceptors (Lipinski definition) is 3. The number of anilines is 1. The second-order valence-electron chi connectivity index (χ2n) is 3.68. The van der Waals surface area contributed by atoms with Crippen molar-refractivity contribution in [2.75, 3.05) is 30.5 Å². The van der Waals surface area contributed by atoms with E-state index in [4.69, 9.17) is 4.74 Å². The predicted octanol–water partition coefficient (Wildman–Crippen LogP) is 3.56. The molecule has 0 aliphatic carbocycles. The molecule has 16 heavy (non-hydrogen) atoms. The van der Waals surface area contributed by atoms with Gasteiger partial charge in [0, 0.05) is 12.2 Å². The summed E-state index contributed by atoms with van der Waals surface area (Å²) in [5, 5.41) is 3.45. The highest BCUT2D eigenvalue weighted by Gasteiger charge is 1.99. The van der Waals surface area contributed by atoms with Gasteiger partial charge in [-0.1, -0.05) is 0 Å². The number of rotatable bonds is 7. The standard InChI is InChI=1S/C13H21NOS/c1-4-15-12-6-7-13(11(2)10-12)14-8-5-9-16-3/h6-7,10,14H,4-5,8-9H2,1-3H3. The highest BCUT2D eigenvalue weighted by Crippen LogP contribution is 2.21. The van der Waals surface area contributed by atoms with Crippen molar-refractivity contribution in [3.63, 3.8) is 0 Å². The number of ether oxygens (including phenoxy) is 1. The van der Waals surface area contributed by atoms with Crippen LogP contribution in [-0.2, 0) is 0 Å². The third-order valence-corrected chi connectivity index (χ3v) is 3.05. The Hall–Kier alpha value is -0.830. The molecular weight excluding hydrogens is 218 g/mol. The van der Waals surface area contributed by atoms with Gasteiger partial charge in [-0.15, -0.1) is 0 Å². The summed E-state index contributed by atoms with van der Waals surface area (Å²) in [5.41, 5.74) is 2.46. The predicted molar refractivity (Wildman–Crippen MR) is 73.8 cm³/mol. The molecule has 0 bridgehead atoms. The Morgan fingerprint density at radius 3 is 2.81 bits per heavy atom. The van der Waals surface area contributed by atoms with Crippen molar-refractivity contribution in [1.29, 1.82) is 0 Å². The highest BCUT2D eigenvalue weighted by atomic mass is 32.2. The van der Waals surface area contributed by atoms with Crippen molar-refractivity contribution < 1.29 is 4.74 Å². The first-order valence-electron chi connectivity index (χ1n) is 5.74. The minimum absolute atomic E-state index is 0.722. The smallest absolute Gasteiger partial charge is 0.119 e. The van der Waals surface area contributed by atoms with Crippen LogP contribution in [0.4, 0.5) is 5.69 Å². The molecule has 0 aromatic heterocycles. The lowest BCUT2D eigenvalue weighted by Gasteiger charge is -2.11. The lowest BCUT2D eigenvalue weighted by molar-refractivity contribution is 0.340. The average Bonchev–Trinajstić information content (AvgIpc) is 2.27. The molecule has 1 aromatic rings. The molecule has 1 aromatic carbocycles. The van der Waals surface area contributed by atoms with Gasteiger partial charge in [-0.25, -0.2) is 0 Å². The molecule has 90 valence electrons. The Bertz CT molecular complexity index is 315. The third kappa shape index (κ3) is 4.35. The quantitative estimate of drug-likeness (QED) is 0.735. The zero-order valence-corrected chi connectivity index (χ0v) is 11.2. The average molecular weight is 239 g/mol. The van der Waals surface area contributed by atoms with Gasteiger partial charge in [0.2, 0.25) is 0 Å². The Morgan fingerprint density at radius 2 is 2.19 bits per heavy atom. The molecule has 0 atom stereocenters. The topological polar surface area (TPSA) is 21.3 Å². The highest BCUT2D eigenvalue weighted by molar-refractivity contribution is 7.98. The molecule has 0 aliphatic heterocycles. The molecule has 0 spiro atoms. The molecule has 0 fully saturated rings. The number of aryl methyl sites for hydroxylation is 1. The summed E-state index contributed by atoms with van der Waals surface area (Å²) < 4.78 is 5.45. The van der Waals surface area contributed by atoms with E-state index in [9.17, 15) is 0 Å². The molecule has 0 aliphatic rings. The summed E-state index contributed by atoms with van der Waals surface area (Å²) in [6.45, 7) is 5.87. The van der Waals surface area contributed by atoms with E-state index in [1.807, 2.05) is 24.8 Å². The van der Waals surface area contributed by atoms with E-state index in [2.05, 4.69) is 30.6 Å². The first-order chi connectivity index (χ1) is 7.77. The van der Waals surface area contributed by atoms with E-state index in [0.717, 1.165) is 18.9 Å². The Balaban J connectivity index is 2.47. The minimum Gasteiger partial charge on any atom is -0.494 e. The van der Waals surface area contributed by atoms with Crippen molar-refractivity contribution in [2.45, 2.75) is 20.3 Å². The maximum Gasteiger partial charge on any atom is 0.119 e. The van der Waals surface area contributed by atoms with Gasteiger partial charge in [-0.3, -0.25) is 0 Å². The van der Waals surface area contributed by atoms with Gasteiger partial charge in [-0.05, 0) is 56.0 Å². The summed E-state index contributed by atoms with van der Waals surface area (Å²) in [7, 11) is 0. The van der Waals surface area contributed by atoms with Crippen molar-refractivity contribution in [2.24, 2.45) is 0 Å². The van der Waals surface area contributed by atoms with E-state index in [1.165, 1.54) is 23.4 Å². The summed E-state index contributed by atoms with van der Waals surface area (Å²) in [4.78, 5) is 0. The summed E-state index contributed by atoms with van der Waals surface area (Å²) in [6, 6.07) is 6.20. The van der Waals surface area contributed by atoms with Gasteiger partial charge in [0.25, 0.3) is 0 Å². The Labute approximate surface area is 103 Å². The van der Waals surface area contributed by atoms with Gasteiger partial charge in [-0.2, -0.15) is 11.8 Å². The van der Waals surface area contributed by atoms with E-state index < -0.39 is 0 Å². The largest absolute Gasteiger partial charge is 0.494 e. The SMILES string of the molecule is CCOc1ccc(NCCCSC)c(C)c1. The van der Waals surface area contributed by atoms with Crippen molar-refractivity contribution in [1.82, 2.24) is 0 Å². The van der Waals surface area contributed by atoms with Crippen LogP contribution < -0.4 is 10.1 Å². The fraction of sp³-hybridized carbons (Fsp3) is 0.538. The van der Waals surface area contributed by atoms with E-state index in [0.29, 0.717) is 0 Å². The molecular formula is C13H21NOS. The molecule has 0 radical (unpaired) electrons. The zero-order valence-electron chi connectivity index (χ0n) is 10.4. The molecule has 2 nitrogen and oxygen atoms in total. The van der Waals surface area contributed by atoms with Crippen molar-refractivity contribution >= 4 is 17.4 Å². The monoisotopic (exact) mass is 239 g/mol. The summed E-state index contributed by atoms with van der Waals surface area (Å²) in [5.74, 6) is 2.16. The number of benzene rings is 1. The van der Waals surface area contributed by atoms with Crippen LogP contribution in [0.25, 0.3) is 0 Å². The first kappa shape index (κ1) is 13.2. The maximum atomic E-state index is 5.45. The van der Waals surface area contributed by atoms with E-state index >= 15 is 0 Å². The van der Waals surface area contributed by atoms with Crippen LogP contribution in [0, 0.1) is 6.92 Å². The molecule has 1 rings (SSSR count). The van der Waals surface area contributed by atoms with Gasteiger partial charge in [0.15, 0.2) is 0 Å². The van der Waals surface area contributed by atoms with Crippen LogP contribution in [0.15, 0.2) is 18.2 Å².